The second-order valence-corrected chi connectivity index (χ2v) is 9.24. The molecular weight excluding hydrogens is 318 g/mol. The highest BCUT2D eigenvalue weighted by molar-refractivity contribution is 7.92. The molecule has 0 fully saturated rings. The van der Waals surface area contributed by atoms with Crippen molar-refractivity contribution in [2.45, 2.75) is 39.4 Å². The molecule has 1 amide bonds. The highest BCUT2D eigenvalue weighted by atomic mass is 32.2. The SMILES string of the molecule is Cc1cc(C)n2nc(C(=O)NCCS(=O)(=O)C(C)(C)C)nc2n1. The molecular formula is C14H21N5O3S. The minimum atomic E-state index is -3.29. The van der Waals surface area contributed by atoms with Crippen molar-refractivity contribution in [3.63, 3.8) is 0 Å². The molecule has 9 heteroatoms. The molecule has 0 aromatic carbocycles. The lowest BCUT2D eigenvalue weighted by molar-refractivity contribution is 0.0946. The van der Waals surface area contributed by atoms with Crippen LogP contribution in [0, 0.1) is 13.8 Å². The van der Waals surface area contributed by atoms with Gasteiger partial charge in [-0.1, -0.05) is 0 Å². The molecule has 0 saturated heterocycles. The molecule has 0 aliphatic carbocycles. The largest absolute Gasteiger partial charge is 0.348 e. The number of carbonyl (C=O) groups is 1. The van der Waals surface area contributed by atoms with Gasteiger partial charge in [0.1, 0.15) is 0 Å². The van der Waals surface area contributed by atoms with E-state index in [0.717, 1.165) is 11.4 Å². The van der Waals surface area contributed by atoms with E-state index in [1.807, 2.05) is 19.9 Å². The van der Waals surface area contributed by atoms with Gasteiger partial charge in [-0.3, -0.25) is 4.79 Å². The molecule has 1 N–H and O–H groups in total. The van der Waals surface area contributed by atoms with Crippen molar-refractivity contribution >= 4 is 21.5 Å². The van der Waals surface area contributed by atoms with Crippen molar-refractivity contribution in [2.24, 2.45) is 0 Å². The molecule has 0 saturated carbocycles. The normalized spacial score (nSPS) is 12.6. The number of aryl methyl sites for hydroxylation is 2. The van der Waals surface area contributed by atoms with E-state index in [1.165, 1.54) is 4.52 Å². The first kappa shape index (κ1) is 17.3. The Balaban J connectivity index is 2.09. The predicted octanol–water partition coefficient (Wildman–Crippen LogP) is 0.684. The minimum absolute atomic E-state index is 0.0133. The van der Waals surface area contributed by atoms with Gasteiger partial charge in [0.15, 0.2) is 9.84 Å². The summed E-state index contributed by atoms with van der Waals surface area (Å²) in [5, 5.41) is 6.64. The third-order valence-electron chi connectivity index (χ3n) is 3.41. The van der Waals surface area contributed by atoms with Crippen LogP contribution in [0.1, 0.15) is 42.8 Å². The van der Waals surface area contributed by atoms with Gasteiger partial charge < -0.3 is 5.32 Å². The lowest BCUT2D eigenvalue weighted by Gasteiger charge is -2.18. The van der Waals surface area contributed by atoms with Crippen LogP contribution in [0.5, 0.6) is 0 Å². The summed E-state index contributed by atoms with van der Waals surface area (Å²) in [7, 11) is -3.29. The van der Waals surface area contributed by atoms with E-state index in [1.54, 1.807) is 20.8 Å². The lowest BCUT2D eigenvalue weighted by Crippen LogP contribution is -2.36. The van der Waals surface area contributed by atoms with Gasteiger partial charge in [0.05, 0.1) is 10.5 Å². The molecule has 2 heterocycles. The quantitative estimate of drug-likeness (QED) is 0.878. The summed E-state index contributed by atoms with van der Waals surface area (Å²) in [5.41, 5.74) is 1.60. The van der Waals surface area contributed by atoms with Crippen LogP contribution in [0.3, 0.4) is 0 Å². The highest BCUT2D eigenvalue weighted by Gasteiger charge is 2.28. The Kier molecular flexibility index (Phi) is 4.43. The highest BCUT2D eigenvalue weighted by Crippen LogP contribution is 2.15. The molecule has 0 bridgehead atoms. The smallest absolute Gasteiger partial charge is 0.291 e. The molecule has 0 aliphatic heterocycles. The summed E-state index contributed by atoms with van der Waals surface area (Å²) in [6.07, 6.45) is 0. The maximum absolute atomic E-state index is 12.1. The van der Waals surface area contributed by atoms with Crippen molar-refractivity contribution in [1.82, 2.24) is 24.9 Å². The van der Waals surface area contributed by atoms with E-state index in [0.29, 0.717) is 5.78 Å². The van der Waals surface area contributed by atoms with Crippen molar-refractivity contribution < 1.29 is 13.2 Å². The maximum atomic E-state index is 12.1. The van der Waals surface area contributed by atoms with E-state index in [2.05, 4.69) is 20.4 Å². The third-order valence-corrected chi connectivity index (χ3v) is 6.02. The second kappa shape index (κ2) is 5.88. The standard InChI is InChI=1S/C14H21N5O3S/c1-9-8-10(2)19-13(16-9)17-11(18-19)12(20)15-6-7-23(21,22)14(3,4)5/h8H,6-7H2,1-5H3,(H,15,20). The summed E-state index contributed by atoms with van der Waals surface area (Å²) >= 11 is 0. The molecule has 0 spiro atoms. The molecule has 23 heavy (non-hydrogen) atoms. The predicted molar refractivity (Wildman–Crippen MR) is 86.1 cm³/mol. The van der Waals surface area contributed by atoms with Gasteiger partial charge >= 0.3 is 0 Å². The number of carbonyl (C=O) groups excluding carboxylic acids is 1. The molecule has 0 radical (unpaired) electrons. The van der Waals surface area contributed by atoms with Crippen LogP contribution in [0.4, 0.5) is 0 Å². The Labute approximate surface area is 135 Å². The lowest BCUT2D eigenvalue weighted by atomic mass is 10.3. The van der Waals surface area contributed by atoms with Crippen LogP contribution in [-0.2, 0) is 9.84 Å². The summed E-state index contributed by atoms with van der Waals surface area (Å²) < 4.78 is 24.6. The first-order chi connectivity index (χ1) is 10.5. The van der Waals surface area contributed by atoms with Gasteiger partial charge in [0, 0.05) is 17.9 Å². The van der Waals surface area contributed by atoms with E-state index < -0.39 is 20.5 Å². The Morgan fingerprint density at radius 1 is 1.26 bits per heavy atom. The van der Waals surface area contributed by atoms with E-state index in [-0.39, 0.29) is 18.1 Å². The number of nitrogens with zero attached hydrogens (tertiary/aromatic N) is 4. The summed E-state index contributed by atoms with van der Waals surface area (Å²) in [4.78, 5) is 20.4. The molecule has 2 rings (SSSR count). The fourth-order valence-electron chi connectivity index (χ4n) is 1.95. The van der Waals surface area contributed by atoms with Gasteiger partial charge in [-0.15, -0.1) is 5.10 Å². The first-order valence-corrected chi connectivity index (χ1v) is 8.88. The van der Waals surface area contributed by atoms with Crippen LogP contribution in [0.25, 0.3) is 5.78 Å². The number of rotatable bonds is 4. The zero-order valence-electron chi connectivity index (χ0n) is 13.9. The first-order valence-electron chi connectivity index (χ1n) is 7.23. The zero-order chi connectivity index (χ0) is 17.4. The average molecular weight is 339 g/mol. The fraction of sp³-hybridized carbons (Fsp3) is 0.571. The van der Waals surface area contributed by atoms with Gasteiger partial charge in [0.2, 0.25) is 5.82 Å². The average Bonchev–Trinajstić information content (AvgIpc) is 2.81. The molecule has 0 atom stereocenters. The van der Waals surface area contributed by atoms with Gasteiger partial charge in [-0.05, 0) is 40.7 Å². The van der Waals surface area contributed by atoms with Crippen molar-refractivity contribution in [1.29, 1.82) is 0 Å². The van der Waals surface area contributed by atoms with Crippen LogP contribution >= 0.6 is 0 Å². The Morgan fingerprint density at radius 2 is 1.91 bits per heavy atom. The number of fused-ring (bicyclic) bond motifs is 1. The summed E-state index contributed by atoms with van der Waals surface area (Å²) in [5.74, 6) is -0.336. The number of aromatic nitrogens is 4. The second-order valence-electron chi connectivity index (χ2n) is 6.37. The Morgan fingerprint density at radius 3 is 2.52 bits per heavy atom. The van der Waals surface area contributed by atoms with Gasteiger partial charge in [-0.25, -0.2) is 17.9 Å². The van der Waals surface area contributed by atoms with E-state index in [9.17, 15) is 13.2 Å². The molecule has 126 valence electrons. The van der Waals surface area contributed by atoms with Gasteiger partial charge in [0.25, 0.3) is 11.7 Å². The van der Waals surface area contributed by atoms with E-state index >= 15 is 0 Å². The summed E-state index contributed by atoms with van der Waals surface area (Å²) in [6.45, 7) is 8.58. The van der Waals surface area contributed by atoms with E-state index in [4.69, 9.17) is 0 Å². The maximum Gasteiger partial charge on any atom is 0.291 e. The topological polar surface area (TPSA) is 106 Å². The number of hydrogen-bond acceptors (Lipinski definition) is 6. The molecule has 0 aliphatic rings. The van der Waals surface area contributed by atoms with Crippen LogP contribution in [-0.4, -0.2) is 51.0 Å². The van der Waals surface area contributed by atoms with Crippen LogP contribution in [0.15, 0.2) is 6.07 Å². The third kappa shape index (κ3) is 3.66. The molecule has 2 aromatic heterocycles. The fourth-order valence-corrected chi connectivity index (χ4v) is 2.93. The van der Waals surface area contributed by atoms with Crippen molar-refractivity contribution in [2.75, 3.05) is 12.3 Å². The van der Waals surface area contributed by atoms with Crippen molar-refractivity contribution in [3.8, 4) is 0 Å². The Hall–Kier alpha value is -2.03. The molecule has 2 aromatic rings. The van der Waals surface area contributed by atoms with Crippen LogP contribution < -0.4 is 5.32 Å². The number of amides is 1. The molecule has 8 nitrogen and oxygen atoms in total. The number of nitrogens with one attached hydrogen (secondary N) is 1. The minimum Gasteiger partial charge on any atom is -0.348 e. The number of sulfone groups is 1. The summed E-state index contributed by atoms with van der Waals surface area (Å²) in [6, 6.07) is 1.83. The van der Waals surface area contributed by atoms with Gasteiger partial charge in [-0.2, -0.15) is 4.98 Å². The van der Waals surface area contributed by atoms with Crippen LogP contribution in [0.2, 0.25) is 0 Å². The number of hydrogen-bond donors (Lipinski definition) is 1. The monoisotopic (exact) mass is 339 g/mol. The van der Waals surface area contributed by atoms with Crippen molar-refractivity contribution in [3.05, 3.63) is 23.3 Å². The Bertz CT molecular complexity index is 849. The molecule has 0 unspecified atom stereocenters. The zero-order valence-corrected chi connectivity index (χ0v) is 14.7.